The molecule has 3 heterocycles. The van der Waals surface area contributed by atoms with Crippen LogP contribution < -0.4 is 9.47 Å². The largest absolute Gasteiger partial charge is 0.493 e. The van der Waals surface area contributed by atoms with E-state index in [9.17, 15) is 9.59 Å². The van der Waals surface area contributed by atoms with E-state index in [-0.39, 0.29) is 30.1 Å². The number of halogens is 1. The molecule has 5 atom stereocenters. The van der Waals surface area contributed by atoms with Crippen LogP contribution in [0.2, 0.25) is 0 Å². The molecule has 39 heavy (non-hydrogen) atoms. The van der Waals surface area contributed by atoms with Crippen LogP contribution >= 0.6 is 27.3 Å². The number of benzene rings is 1. The zero-order valence-electron chi connectivity index (χ0n) is 22.4. The van der Waals surface area contributed by atoms with E-state index in [1.807, 2.05) is 41.6 Å². The Kier molecular flexibility index (Phi) is 6.67. The maximum Gasteiger partial charge on any atom is 0.303 e. The van der Waals surface area contributed by atoms with Crippen LogP contribution in [0.5, 0.6) is 11.5 Å². The molecule has 1 spiro atoms. The van der Waals surface area contributed by atoms with Crippen LogP contribution in [0.1, 0.15) is 42.2 Å². The minimum Gasteiger partial charge on any atom is -0.493 e. The van der Waals surface area contributed by atoms with Crippen LogP contribution in [0.3, 0.4) is 0 Å². The maximum atomic E-state index is 13.5. The summed E-state index contributed by atoms with van der Waals surface area (Å²) in [6.45, 7) is 7.04. The van der Waals surface area contributed by atoms with Crippen molar-refractivity contribution in [3.8, 4) is 11.5 Å². The molecule has 6 rings (SSSR count). The van der Waals surface area contributed by atoms with E-state index in [0.717, 1.165) is 46.6 Å². The van der Waals surface area contributed by atoms with Crippen molar-refractivity contribution in [3.05, 3.63) is 62.8 Å². The average Bonchev–Trinajstić information content (AvgIpc) is 3.48. The standard InChI is InChI=1S/C30H33BrN2O5S/c1-5-13-33-14-12-29-26-19-6-8-23(36-4)27(26)37-28(29)22(10-11-30(29,24(33)15-19)38-18(2)34)32(3)25(35)9-7-21-16-20(31)17-39-21/h5-9,16-17,22,24,28H,1,10-15H2,2-4H3/b9-7+/t22-,24-,28+,29+,30-/m1/s1. The predicted octanol–water partition coefficient (Wildman–Crippen LogP) is 4.97. The molecule has 206 valence electrons. The van der Waals surface area contributed by atoms with Gasteiger partial charge in [0.15, 0.2) is 11.5 Å². The Labute approximate surface area is 241 Å². The lowest BCUT2D eigenvalue weighted by atomic mass is 9.48. The van der Waals surface area contributed by atoms with Gasteiger partial charge in [0.1, 0.15) is 11.7 Å². The Morgan fingerprint density at radius 1 is 1.36 bits per heavy atom. The van der Waals surface area contributed by atoms with Crippen LogP contribution in [0.4, 0.5) is 0 Å². The smallest absolute Gasteiger partial charge is 0.303 e. The van der Waals surface area contributed by atoms with Crippen molar-refractivity contribution in [1.82, 2.24) is 9.80 Å². The van der Waals surface area contributed by atoms with Gasteiger partial charge < -0.3 is 19.1 Å². The first-order chi connectivity index (χ1) is 18.8. The first-order valence-electron chi connectivity index (χ1n) is 13.4. The lowest BCUT2D eigenvalue weighted by molar-refractivity contribution is -0.222. The third-order valence-corrected chi connectivity index (χ3v) is 10.9. The zero-order chi connectivity index (χ0) is 27.5. The van der Waals surface area contributed by atoms with Crippen molar-refractivity contribution in [1.29, 1.82) is 0 Å². The van der Waals surface area contributed by atoms with Gasteiger partial charge in [-0.1, -0.05) is 12.1 Å². The van der Waals surface area contributed by atoms with Gasteiger partial charge in [0.25, 0.3) is 0 Å². The van der Waals surface area contributed by atoms with Gasteiger partial charge in [-0.05, 0) is 65.4 Å². The van der Waals surface area contributed by atoms with Crippen molar-refractivity contribution in [3.63, 3.8) is 0 Å². The first-order valence-corrected chi connectivity index (χ1v) is 15.0. The summed E-state index contributed by atoms with van der Waals surface area (Å²) in [6.07, 6.45) is 7.84. The second kappa shape index (κ2) is 9.78. The SMILES string of the molecule is C=CCN1CC[C@]23c4c5ccc(OC)c4O[C@H]2[C@H](N(C)C(=O)/C=C/c2cc(Br)cs2)CC[C@@]3(OC(C)=O)[C@H]1C5. The lowest BCUT2D eigenvalue weighted by Gasteiger charge is -2.65. The summed E-state index contributed by atoms with van der Waals surface area (Å²) in [5.41, 5.74) is 0.951. The Bertz CT molecular complexity index is 1370. The number of carbonyl (C=O) groups excluding carboxylic acids is 2. The first kappa shape index (κ1) is 26.6. The van der Waals surface area contributed by atoms with Crippen LogP contribution in [0.25, 0.3) is 6.08 Å². The molecule has 0 N–H and O–H groups in total. The Hall–Kier alpha value is -2.62. The number of ether oxygens (including phenoxy) is 3. The number of rotatable bonds is 7. The number of thiophene rings is 1. The molecule has 0 unspecified atom stereocenters. The topological polar surface area (TPSA) is 68.3 Å². The van der Waals surface area contributed by atoms with E-state index in [1.54, 1.807) is 24.5 Å². The molecule has 2 fully saturated rings. The van der Waals surface area contributed by atoms with Crippen LogP contribution in [-0.4, -0.2) is 72.7 Å². The normalized spacial score (nSPS) is 30.4. The second-order valence-corrected chi connectivity index (χ2v) is 12.8. The molecule has 1 amide bonds. The highest BCUT2D eigenvalue weighted by Gasteiger charge is 2.75. The summed E-state index contributed by atoms with van der Waals surface area (Å²) < 4.78 is 20.1. The van der Waals surface area contributed by atoms with E-state index >= 15 is 0 Å². The Balaban J connectivity index is 1.46. The summed E-state index contributed by atoms with van der Waals surface area (Å²) in [5, 5.41) is 2.00. The molecule has 1 aromatic carbocycles. The van der Waals surface area contributed by atoms with Gasteiger partial charge in [-0.3, -0.25) is 14.5 Å². The highest BCUT2D eigenvalue weighted by atomic mass is 79.9. The van der Waals surface area contributed by atoms with Crippen molar-refractivity contribution in [2.24, 2.45) is 0 Å². The molecule has 2 aliphatic heterocycles. The number of hydrogen-bond donors (Lipinski definition) is 0. The van der Waals surface area contributed by atoms with E-state index < -0.39 is 11.0 Å². The van der Waals surface area contributed by atoms with Crippen molar-refractivity contribution in [2.75, 3.05) is 27.2 Å². The van der Waals surface area contributed by atoms with E-state index in [2.05, 4.69) is 33.5 Å². The lowest BCUT2D eigenvalue weighted by Crippen LogP contribution is -2.79. The number of esters is 1. The van der Waals surface area contributed by atoms with Gasteiger partial charge in [-0.2, -0.15) is 0 Å². The number of hydrogen-bond acceptors (Lipinski definition) is 7. The third kappa shape index (κ3) is 3.84. The summed E-state index contributed by atoms with van der Waals surface area (Å²) in [4.78, 5) is 31.5. The van der Waals surface area contributed by atoms with Crippen LogP contribution in [0.15, 0.2) is 46.8 Å². The van der Waals surface area contributed by atoms with Crippen LogP contribution in [-0.2, 0) is 26.2 Å². The molecule has 1 saturated carbocycles. The fourth-order valence-electron chi connectivity index (χ4n) is 7.82. The summed E-state index contributed by atoms with van der Waals surface area (Å²) in [7, 11) is 3.51. The summed E-state index contributed by atoms with van der Waals surface area (Å²) in [6, 6.07) is 5.89. The number of carbonyl (C=O) groups is 2. The van der Waals surface area contributed by atoms with Gasteiger partial charge in [0.2, 0.25) is 5.91 Å². The third-order valence-electron chi connectivity index (χ3n) is 9.22. The maximum absolute atomic E-state index is 13.5. The van der Waals surface area contributed by atoms with Gasteiger partial charge in [0.05, 0.1) is 24.6 Å². The Morgan fingerprint density at radius 2 is 2.18 bits per heavy atom. The van der Waals surface area contributed by atoms with Crippen molar-refractivity contribution < 1.29 is 23.8 Å². The minimum absolute atomic E-state index is 0.00905. The predicted molar refractivity (Wildman–Crippen MR) is 154 cm³/mol. The van der Waals surface area contributed by atoms with Gasteiger partial charge >= 0.3 is 5.97 Å². The highest BCUT2D eigenvalue weighted by molar-refractivity contribution is 9.10. The van der Waals surface area contributed by atoms with E-state index in [4.69, 9.17) is 14.2 Å². The zero-order valence-corrected chi connectivity index (χ0v) is 24.8. The molecule has 2 aromatic rings. The highest BCUT2D eigenvalue weighted by Crippen LogP contribution is 2.67. The van der Waals surface area contributed by atoms with Gasteiger partial charge in [0, 0.05) is 53.4 Å². The fraction of sp³-hybridized carbons (Fsp3) is 0.467. The molecular weight excluding hydrogens is 580 g/mol. The molecule has 7 nitrogen and oxygen atoms in total. The molecular formula is C30H33BrN2O5S. The quantitative estimate of drug-likeness (QED) is 0.250. The molecule has 2 aliphatic carbocycles. The molecule has 1 saturated heterocycles. The second-order valence-electron chi connectivity index (χ2n) is 10.9. The number of likely N-dealkylation sites (N-methyl/N-ethyl adjacent to an activating group) is 1. The fourth-order valence-corrected chi connectivity index (χ4v) is 9.16. The van der Waals surface area contributed by atoms with Crippen LogP contribution in [0, 0.1) is 0 Å². The molecule has 0 radical (unpaired) electrons. The Morgan fingerprint density at radius 3 is 2.87 bits per heavy atom. The monoisotopic (exact) mass is 612 g/mol. The molecule has 1 aromatic heterocycles. The van der Waals surface area contributed by atoms with E-state index in [0.29, 0.717) is 18.6 Å². The van der Waals surface area contributed by atoms with Gasteiger partial charge in [-0.25, -0.2) is 0 Å². The molecule has 4 aliphatic rings. The molecule has 2 bridgehead atoms. The number of piperidine rings is 1. The van der Waals surface area contributed by atoms with E-state index in [1.165, 1.54) is 12.5 Å². The van der Waals surface area contributed by atoms with Crippen molar-refractivity contribution >= 4 is 45.2 Å². The minimum atomic E-state index is -0.769. The van der Waals surface area contributed by atoms with Crippen molar-refractivity contribution in [2.45, 2.75) is 61.8 Å². The number of nitrogens with zero attached hydrogens (tertiary/aromatic N) is 2. The summed E-state index contributed by atoms with van der Waals surface area (Å²) >= 11 is 5.05. The molecule has 9 heteroatoms. The average molecular weight is 614 g/mol. The number of amides is 1. The number of methoxy groups -OCH3 is 1. The number of likely N-dealkylation sites (tertiary alicyclic amines) is 1. The van der Waals surface area contributed by atoms with Gasteiger partial charge in [-0.15, -0.1) is 17.9 Å². The summed E-state index contributed by atoms with van der Waals surface area (Å²) in [5.74, 6) is 1.05.